The summed E-state index contributed by atoms with van der Waals surface area (Å²) in [5.74, 6) is 0.227. The maximum absolute atomic E-state index is 12.0. The van der Waals surface area contributed by atoms with Crippen LogP contribution in [-0.2, 0) is 9.53 Å². The number of fused-ring (bicyclic) bond motifs is 2. The fourth-order valence-corrected chi connectivity index (χ4v) is 5.44. The molecule has 0 aliphatic heterocycles. The van der Waals surface area contributed by atoms with E-state index in [-0.39, 0.29) is 22.9 Å². The normalized spacial score (nSPS) is 28.2. The van der Waals surface area contributed by atoms with Crippen molar-refractivity contribution in [2.24, 2.45) is 16.7 Å². The first kappa shape index (κ1) is 18.0. The Morgan fingerprint density at radius 1 is 0.926 bits per heavy atom. The first-order valence-corrected chi connectivity index (χ1v) is 9.88. The third-order valence-corrected chi connectivity index (χ3v) is 7.23. The van der Waals surface area contributed by atoms with Crippen LogP contribution in [0.5, 0.6) is 0 Å². The van der Waals surface area contributed by atoms with Crippen LogP contribution in [0, 0.1) is 16.7 Å². The highest BCUT2D eigenvalue weighted by Crippen LogP contribution is 2.69. The van der Waals surface area contributed by atoms with Crippen molar-refractivity contribution in [3.63, 3.8) is 0 Å². The van der Waals surface area contributed by atoms with E-state index in [1.165, 1.54) is 29.2 Å². The number of hydrogen-bond donors (Lipinski definition) is 0. The molecular formula is C25H28O2. The molecule has 3 atom stereocenters. The van der Waals surface area contributed by atoms with E-state index in [0.717, 1.165) is 12.8 Å². The molecule has 0 amide bonds. The fraction of sp³-hybridized carbons (Fsp3) is 0.400. The van der Waals surface area contributed by atoms with Gasteiger partial charge in [0, 0.05) is 12.3 Å². The van der Waals surface area contributed by atoms with Gasteiger partial charge in [0.2, 0.25) is 0 Å². The van der Waals surface area contributed by atoms with Crippen LogP contribution in [0.25, 0.3) is 5.57 Å². The number of hydrogen-bond acceptors (Lipinski definition) is 2. The molecular weight excluding hydrogens is 332 g/mol. The first-order valence-electron chi connectivity index (χ1n) is 9.88. The minimum Gasteiger partial charge on any atom is -0.457 e. The molecule has 0 aromatic heterocycles. The molecule has 0 heterocycles. The van der Waals surface area contributed by atoms with E-state index >= 15 is 0 Å². The van der Waals surface area contributed by atoms with Gasteiger partial charge < -0.3 is 4.74 Å². The van der Waals surface area contributed by atoms with Crippen molar-refractivity contribution in [3.05, 3.63) is 77.4 Å². The summed E-state index contributed by atoms with van der Waals surface area (Å²) in [5, 5.41) is 0. The largest absolute Gasteiger partial charge is 0.457 e. The predicted octanol–water partition coefficient (Wildman–Crippen LogP) is 5.88. The summed E-state index contributed by atoms with van der Waals surface area (Å²) in [5.41, 5.74) is 5.00. The van der Waals surface area contributed by atoms with E-state index in [2.05, 4.69) is 69.3 Å². The van der Waals surface area contributed by atoms with Crippen LogP contribution >= 0.6 is 0 Å². The van der Waals surface area contributed by atoms with Crippen LogP contribution in [0.2, 0.25) is 0 Å². The summed E-state index contributed by atoms with van der Waals surface area (Å²) >= 11 is 0. The fourth-order valence-electron chi connectivity index (χ4n) is 5.44. The summed E-state index contributed by atoms with van der Waals surface area (Å²) in [6.45, 7) is 8.54. The van der Waals surface area contributed by atoms with Gasteiger partial charge in [-0.05, 0) is 46.4 Å². The van der Waals surface area contributed by atoms with E-state index in [1.54, 1.807) is 0 Å². The van der Waals surface area contributed by atoms with Gasteiger partial charge in [-0.25, -0.2) is 0 Å². The monoisotopic (exact) mass is 360 g/mol. The van der Waals surface area contributed by atoms with Crippen LogP contribution in [0.1, 0.15) is 51.7 Å². The molecule has 2 nitrogen and oxygen atoms in total. The molecule has 2 heteroatoms. The smallest absolute Gasteiger partial charge is 0.303 e. The number of carbonyl (C=O) groups is 1. The molecule has 4 rings (SSSR count). The molecule has 2 aromatic rings. The molecule has 2 fully saturated rings. The van der Waals surface area contributed by atoms with Crippen LogP contribution in [0.15, 0.2) is 66.2 Å². The number of esters is 1. The maximum Gasteiger partial charge on any atom is 0.303 e. The number of carbonyl (C=O) groups excluding carboxylic acids is 1. The molecule has 2 bridgehead atoms. The molecule has 3 unspecified atom stereocenters. The zero-order valence-electron chi connectivity index (χ0n) is 16.7. The minimum atomic E-state index is -0.192. The van der Waals surface area contributed by atoms with E-state index in [4.69, 9.17) is 4.74 Å². The van der Waals surface area contributed by atoms with E-state index in [9.17, 15) is 4.79 Å². The van der Waals surface area contributed by atoms with Crippen LogP contribution in [0.4, 0.5) is 0 Å². The zero-order chi connectivity index (χ0) is 19.2. The SMILES string of the molecule is CC(=O)OC1C(=C(c2ccccc2)c2ccccc2)C2CCC1(C)C2(C)C. The Balaban J connectivity index is 2.01. The van der Waals surface area contributed by atoms with E-state index < -0.39 is 0 Å². The predicted molar refractivity (Wildman–Crippen MR) is 109 cm³/mol. The van der Waals surface area contributed by atoms with Crippen LogP contribution in [-0.4, -0.2) is 12.1 Å². The Labute approximate surface area is 162 Å². The highest BCUT2D eigenvalue weighted by Gasteiger charge is 2.66. The molecule has 0 N–H and O–H groups in total. The van der Waals surface area contributed by atoms with Gasteiger partial charge in [0.1, 0.15) is 6.10 Å². The molecule has 0 radical (unpaired) electrons. The first-order chi connectivity index (χ1) is 12.9. The Bertz CT molecular complexity index is 838. The average Bonchev–Trinajstić information content (AvgIpc) is 2.97. The summed E-state index contributed by atoms with van der Waals surface area (Å²) in [7, 11) is 0. The average molecular weight is 360 g/mol. The third-order valence-electron chi connectivity index (χ3n) is 7.23. The van der Waals surface area contributed by atoms with Gasteiger partial charge >= 0.3 is 5.97 Å². The maximum atomic E-state index is 12.0. The van der Waals surface area contributed by atoms with Gasteiger partial charge in [-0.15, -0.1) is 0 Å². The van der Waals surface area contributed by atoms with Gasteiger partial charge in [-0.1, -0.05) is 81.4 Å². The molecule has 0 spiro atoms. The lowest BCUT2D eigenvalue weighted by molar-refractivity contribution is -0.151. The van der Waals surface area contributed by atoms with Crippen molar-refractivity contribution in [3.8, 4) is 0 Å². The van der Waals surface area contributed by atoms with Gasteiger partial charge in [-0.2, -0.15) is 0 Å². The van der Waals surface area contributed by atoms with E-state index in [1.807, 2.05) is 12.1 Å². The molecule has 2 aromatic carbocycles. The highest BCUT2D eigenvalue weighted by molar-refractivity contribution is 5.84. The van der Waals surface area contributed by atoms with Crippen LogP contribution < -0.4 is 0 Å². The molecule has 140 valence electrons. The molecule has 27 heavy (non-hydrogen) atoms. The number of ether oxygens (including phenoxy) is 1. The standard InChI is InChI=1S/C25H28O2/c1-17(26)27-23-22(20-15-16-25(23,4)24(20,2)3)21(18-11-7-5-8-12-18)19-13-9-6-10-14-19/h5-14,20,23H,15-16H2,1-4H3. The summed E-state index contributed by atoms with van der Waals surface area (Å²) in [6, 6.07) is 21.1. The second-order valence-corrected chi connectivity index (χ2v) is 8.78. The molecule has 2 aliphatic rings. The quantitative estimate of drug-likeness (QED) is 0.639. The Hall–Kier alpha value is -2.35. The summed E-state index contributed by atoms with van der Waals surface area (Å²) in [4.78, 5) is 12.0. The minimum absolute atomic E-state index is 0.0342. The van der Waals surface area contributed by atoms with Crippen molar-refractivity contribution in [2.45, 2.75) is 46.6 Å². The molecule has 2 saturated carbocycles. The van der Waals surface area contributed by atoms with Crippen molar-refractivity contribution >= 4 is 11.5 Å². The lowest BCUT2D eigenvalue weighted by atomic mass is 9.70. The van der Waals surface area contributed by atoms with Crippen molar-refractivity contribution in [1.29, 1.82) is 0 Å². The zero-order valence-corrected chi connectivity index (χ0v) is 16.7. The second-order valence-electron chi connectivity index (χ2n) is 8.78. The topological polar surface area (TPSA) is 26.3 Å². The Morgan fingerprint density at radius 2 is 1.44 bits per heavy atom. The summed E-state index contributed by atoms with van der Waals surface area (Å²) < 4.78 is 6.02. The van der Waals surface area contributed by atoms with Gasteiger partial charge in [-0.3, -0.25) is 4.79 Å². The van der Waals surface area contributed by atoms with Crippen molar-refractivity contribution in [1.82, 2.24) is 0 Å². The lowest BCUT2D eigenvalue weighted by Crippen LogP contribution is -2.38. The number of benzene rings is 2. The van der Waals surface area contributed by atoms with Gasteiger partial charge in [0.05, 0.1) is 0 Å². The lowest BCUT2D eigenvalue weighted by Gasteiger charge is -2.38. The highest BCUT2D eigenvalue weighted by atomic mass is 16.5. The van der Waals surface area contributed by atoms with Crippen molar-refractivity contribution in [2.75, 3.05) is 0 Å². The second kappa shape index (κ2) is 6.37. The van der Waals surface area contributed by atoms with Crippen LogP contribution in [0.3, 0.4) is 0 Å². The number of rotatable bonds is 3. The Morgan fingerprint density at radius 3 is 1.93 bits per heavy atom. The van der Waals surface area contributed by atoms with Gasteiger partial charge in [0.25, 0.3) is 0 Å². The summed E-state index contributed by atoms with van der Waals surface area (Å²) in [6.07, 6.45) is 2.09. The Kier molecular flexibility index (Phi) is 4.25. The van der Waals surface area contributed by atoms with E-state index in [0.29, 0.717) is 5.92 Å². The third kappa shape index (κ3) is 2.65. The molecule has 0 saturated heterocycles. The van der Waals surface area contributed by atoms with Crippen molar-refractivity contribution < 1.29 is 9.53 Å². The van der Waals surface area contributed by atoms with Gasteiger partial charge in [0.15, 0.2) is 0 Å². The molecule has 2 aliphatic carbocycles.